The number of aliphatic hydroxyl groups excluding tert-OH is 1. The number of rotatable bonds is 13. The second kappa shape index (κ2) is 12.2. The molecule has 3 aromatic rings. The van der Waals surface area contributed by atoms with Crippen LogP contribution in [0.25, 0.3) is 10.9 Å². The third-order valence-electron chi connectivity index (χ3n) is 5.40. The third-order valence-corrected chi connectivity index (χ3v) is 5.40. The molecular weight excluding hydrogens is 479 g/mol. The molecule has 1 aromatic heterocycles. The molecule has 1 heterocycles. The van der Waals surface area contributed by atoms with E-state index in [0.717, 1.165) is 12.1 Å². The smallest absolute Gasteiger partial charge is 0.295 e. The highest BCUT2D eigenvalue weighted by Crippen LogP contribution is 2.36. The number of nitrogens with zero attached hydrogens (tertiary/aromatic N) is 2. The van der Waals surface area contributed by atoms with Crippen molar-refractivity contribution >= 4 is 16.7 Å². The van der Waals surface area contributed by atoms with Crippen molar-refractivity contribution in [1.82, 2.24) is 9.97 Å². The van der Waals surface area contributed by atoms with Gasteiger partial charge in [0.2, 0.25) is 0 Å². The number of nitrogens with one attached hydrogen (secondary N) is 1. The van der Waals surface area contributed by atoms with Crippen molar-refractivity contribution in [2.45, 2.75) is 25.8 Å². The molecule has 0 amide bonds. The molecule has 196 valence electrons. The van der Waals surface area contributed by atoms with Crippen molar-refractivity contribution in [1.29, 1.82) is 0 Å². The minimum atomic E-state index is -3.56. The molecule has 0 bridgehead atoms. The number of aliphatic hydroxyl groups is 1. The molecule has 0 aliphatic rings. The largest absolute Gasteiger partial charge is 0.493 e. The average molecular weight is 510 g/mol. The Labute approximate surface area is 207 Å². The number of benzene rings is 2. The summed E-state index contributed by atoms with van der Waals surface area (Å²) in [6.45, 7) is 3.52. The predicted octanol–water partition coefficient (Wildman–Crippen LogP) is 4.38. The number of methoxy groups -OCH3 is 2. The Balaban J connectivity index is 1.90. The maximum atomic E-state index is 14.1. The van der Waals surface area contributed by atoms with Gasteiger partial charge >= 0.3 is 0 Å². The van der Waals surface area contributed by atoms with Crippen molar-refractivity contribution in [2.75, 3.05) is 52.6 Å². The molecule has 0 saturated heterocycles. The van der Waals surface area contributed by atoms with Gasteiger partial charge in [-0.05, 0) is 43.7 Å². The zero-order valence-corrected chi connectivity index (χ0v) is 20.6. The van der Waals surface area contributed by atoms with Gasteiger partial charge in [-0.3, -0.25) is 0 Å². The van der Waals surface area contributed by atoms with Crippen LogP contribution in [-0.2, 0) is 15.4 Å². The van der Waals surface area contributed by atoms with E-state index in [9.17, 15) is 13.2 Å². The average Bonchev–Trinajstić information content (AvgIpc) is 2.85. The number of halogens is 3. The topological polar surface area (TPSA) is 95.0 Å². The van der Waals surface area contributed by atoms with Crippen molar-refractivity contribution in [3.05, 3.63) is 53.1 Å². The van der Waals surface area contributed by atoms with Crippen LogP contribution < -0.4 is 14.8 Å². The quantitative estimate of drug-likeness (QED) is 0.328. The first-order valence-electron chi connectivity index (χ1n) is 11.3. The van der Waals surface area contributed by atoms with E-state index in [0.29, 0.717) is 59.9 Å². The predicted molar refractivity (Wildman–Crippen MR) is 128 cm³/mol. The van der Waals surface area contributed by atoms with Gasteiger partial charge in [-0.2, -0.15) is 8.78 Å². The second-order valence-electron chi connectivity index (χ2n) is 8.10. The van der Waals surface area contributed by atoms with Crippen molar-refractivity contribution < 1.29 is 37.2 Å². The van der Waals surface area contributed by atoms with Crippen molar-refractivity contribution in [3.63, 3.8) is 0 Å². The first-order chi connectivity index (χ1) is 17.2. The maximum Gasteiger partial charge on any atom is 0.295 e. The Bertz CT molecular complexity index is 1180. The highest BCUT2D eigenvalue weighted by atomic mass is 19.3. The van der Waals surface area contributed by atoms with Crippen LogP contribution in [0.2, 0.25) is 0 Å². The third kappa shape index (κ3) is 6.74. The Morgan fingerprint density at radius 1 is 1.00 bits per heavy atom. The molecule has 0 radical (unpaired) electrons. The molecule has 0 aliphatic heterocycles. The molecule has 8 nitrogen and oxygen atoms in total. The van der Waals surface area contributed by atoms with Gasteiger partial charge in [0, 0.05) is 24.1 Å². The fraction of sp³-hybridized carbons (Fsp3) is 0.440. The van der Waals surface area contributed by atoms with Crippen molar-refractivity contribution in [2.24, 2.45) is 0 Å². The molecule has 0 fully saturated rings. The molecular formula is C25H30F3N3O5. The summed E-state index contributed by atoms with van der Waals surface area (Å²) in [6, 6.07) is 5.86. The van der Waals surface area contributed by atoms with Gasteiger partial charge in [0.15, 0.2) is 11.5 Å². The molecule has 2 N–H and O–H groups in total. The first kappa shape index (κ1) is 27.4. The van der Waals surface area contributed by atoms with Crippen LogP contribution in [-0.4, -0.2) is 62.3 Å². The molecule has 0 aliphatic carbocycles. The van der Waals surface area contributed by atoms with E-state index >= 15 is 0 Å². The van der Waals surface area contributed by atoms with Crippen LogP contribution >= 0.6 is 0 Å². The van der Waals surface area contributed by atoms with Crippen LogP contribution in [0, 0.1) is 12.7 Å². The van der Waals surface area contributed by atoms with Gasteiger partial charge in [0.25, 0.3) is 5.92 Å². The Hall–Kier alpha value is -3.15. The number of hydrogen-bond donors (Lipinski definition) is 2. The number of fused-ring (bicyclic) bond motifs is 1. The van der Waals surface area contributed by atoms with Crippen LogP contribution in [0.5, 0.6) is 11.5 Å². The monoisotopic (exact) mass is 509 g/mol. The number of aryl methyl sites for hydroxylation is 1. The molecule has 11 heteroatoms. The van der Waals surface area contributed by atoms with E-state index in [1.54, 1.807) is 33.1 Å². The lowest BCUT2D eigenvalue weighted by atomic mass is 10.0. The van der Waals surface area contributed by atoms with Crippen molar-refractivity contribution in [3.8, 4) is 11.5 Å². The summed E-state index contributed by atoms with van der Waals surface area (Å²) in [7, 11) is 3.11. The zero-order valence-electron chi connectivity index (χ0n) is 20.6. The Kier molecular flexibility index (Phi) is 9.30. The number of aromatic nitrogens is 2. The summed E-state index contributed by atoms with van der Waals surface area (Å²) in [5.41, 5.74) is 0.232. The highest BCUT2D eigenvalue weighted by Gasteiger charge is 2.31. The van der Waals surface area contributed by atoms with Crippen LogP contribution in [0.3, 0.4) is 0 Å². The minimum Gasteiger partial charge on any atom is -0.493 e. The van der Waals surface area contributed by atoms with Crippen LogP contribution in [0.4, 0.5) is 19.0 Å². The lowest BCUT2D eigenvalue weighted by Gasteiger charge is -2.20. The summed E-state index contributed by atoms with van der Waals surface area (Å²) < 4.78 is 63.8. The SMILES string of the molecule is COCCOCCOc1cc2c(N[C@H](C)c3cc(F)cc(C(F)(F)CO)c3)nc(C)nc2cc1OC. The van der Waals surface area contributed by atoms with Gasteiger partial charge in [0.05, 0.1) is 38.5 Å². The van der Waals surface area contributed by atoms with E-state index in [-0.39, 0.29) is 12.2 Å². The number of anilines is 1. The fourth-order valence-corrected chi connectivity index (χ4v) is 3.54. The van der Waals surface area contributed by atoms with E-state index in [2.05, 4.69) is 15.3 Å². The lowest BCUT2D eigenvalue weighted by Crippen LogP contribution is -2.20. The Morgan fingerprint density at radius 2 is 1.75 bits per heavy atom. The Morgan fingerprint density at radius 3 is 2.44 bits per heavy atom. The summed E-state index contributed by atoms with van der Waals surface area (Å²) >= 11 is 0. The van der Waals surface area contributed by atoms with E-state index < -0.39 is 30.0 Å². The fourth-order valence-electron chi connectivity index (χ4n) is 3.54. The number of alkyl halides is 2. The summed E-state index contributed by atoms with van der Waals surface area (Å²) in [5.74, 6) is -2.61. The zero-order chi connectivity index (χ0) is 26.3. The standard InChI is InChI=1S/C25H30F3N3O5/c1-15(17-9-18(11-19(26)10-17)25(27,28)14-32)29-24-20-12-23(36-8-7-35-6-5-33-3)22(34-4)13-21(20)30-16(2)31-24/h9-13,15,32H,5-8,14H2,1-4H3,(H,29,30,31)/t15-/m1/s1. The van der Waals surface area contributed by atoms with Gasteiger partial charge in [-0.1, -0.05) is 0 Å². The molecule has 0 unspecified atom stereocenters. The van der Waals surface area contributed by atoms with E-state index in [1.165, 1.54) is 7.11 Å². The number of ether oxygens (including phenoxy) is 4. The van der Waals surface area contributed by atoms with Gasteiger partial charge in [0.1, 0.15) is 30.7 Å². The number of hydrogen-bond acceptors (Lipinski definition) is 8. The molecule has 36 heavy (non-hydrogen) atoms. The van der Waals surface area contributed by atoms with E-state index in [4.69, 9.17) is 24.1 Å². The van der Waals surface area contributed by atoms with E-state index in [1.807, 2.05) is 0 Å². The minimum absolute atomic E-state index is 0.265. The lowest BCUT2D eigenvalue weighted by molar-refractivity contribution is -0.0558. The van der Waals surface area contributed by atoms with Crippen LogP contribution in [0.15, 0.2) is 30.3 Å². The van der Waals surface area contributed by atoms with Gasteiger partial charge in [-0.15, -0.1) is 0 Å². The summed E-state index contributed by atoms with van der Waals surface area (Å²) in [5, 5.41) is 12.8. The molecule has 0 saturated carbocycles. The van der Waals surface area contributed by atoms with Gasteiger partial charge in [-0.25, -0.2) is 14.4 Å². The first-order valence-corrected chi connectivity index (χ1v) is 11.3. The molecule has 3 rings (SSSR count). The molecule has 0 spiro atoms. The molecule has 1 atom stereocenters. The summed E-state index contributed by atoms with van der Waals surface area (Å²) in [6.07, 6.45) is 0. The molecule has 2 aromatic carbocycles. The normalized spacial score (nSPS) is 12.6. The van der Waals surface area contributed by atoms with Crippen LogP contribution in [0.1, 0.15) is 29.9 Å². The second-order valence-corrected chi connectivity index (χ2v) is 8.10. The summed E-state index contributed by atoms with van der Waals surface area (Å²) in [4.78, 5) is 8.92. The maximum absolute atomic E-state index is 14.1. The van der Waals surface area contributed by atoms with Gasteiger partial charge < -0.3 is 29.4 Å². The highest BCUT2D eigenvalue weighted by molar-refractivity contribution is 5.92.